The van der Waals surface area contributed by atoms with Crippen LogP contribution in [0.4, 0.5) is 0 Å². The van der Waals surface area contributed by atoms with Crippen LogP contribution < -0.4 is 5.32 Å². The van der Waals surface area contributed by atoms with E-state index in [-0.39, 0.29) is 24.9 Å². The maximum atomic E-state index is 13.2. The molecule has 342 valence electrons. The van der Waals surface area contributed by atoms with Crippen molar-refractivity contribution in [3.8, 4) is 0 Å². The Hall–Kier alpha value is -2.44. The summed E-state index contributed by atoms with van der Waals surface area (Å²) in [5.41, 5.74) is 0. The summed E-state index contributed by atoms with van der Waals surface area (Å²) >= 11 is 0. The zero-order chi connectivity index (χ0) is 43.1. The Kier molecular flexibility index (Phi) is 44.7. The van der Waals surface area contributed by atoms with Gasteiger partial charge in [-0.1, -0.05) is 223 Å². The van der Waals surface area contributed by atoms with Crippen molar-refractivity contribution in [2.45, 2.75) is 257 Å². The van der Waals surface area contributed by atoms with Crippen molar-refractivity contribution in [1.82, 2.24) is 5.32 Å². The smallest absolute Gasteiger partial charge is 0.306 e. The van der Waals surface area contributed by atoms with Crippen LogP contribution in [0.25, 0.3) is 0 Å². The lowest BCUT2D eigenvalue weighted by molar-refractivity contribution is -0.151. The van der Waals surface area contributed by atoms with E-state index in [4.69, 9.17) is 4.74 Å². The molecule has 0 radical (unpaired) electrons. The summed E-state index contributed by atoms with van der Waals surface area (Å²) in [5, 5.41) is 23.7. The number of aliphatic hydroxyl groups excluding tert-OH is 2. The van der Waals surface area contributed by atoms with Crippen LogP contribution in [0.2, 0.25) is 0 Å². The van der Waals surface area contributed by atoms with Gasteiger partial charge in [0.05, 0.1) is 25.2 Å². The molecular weight excluding hydrogens is 731 g/mol. The molecule has 0 heterocycles. The molecule has 3 N–H and O–H groups in total. The normalized spacial score (nSPS) is 13.8. The molecule has 0 bridgehead atoms. The number of hydrogen-bond acceptors (Lipinski definition) is 5. The summed E-state index contributed by atoms with van der Waals surface area (Å²) in [6.45, 7) is 6.27. The number of carbonyl (C=O) groups excluding carboxylic acids is 2. The third kappa shape index (κ3) is 42.1. The van der Waals surface area contributed by atoms with E-state index in [1.807, 2.05) is 24.3 Å². The highest BCUT2D eigenvalue weighted by Crippen LogP contribution is 2.17. The number of aliphatic hydroxyl groups is 2. The number of rotatable bonds is 44. The summed E-state index contributed by atoms with van der Waals surface area (Å²) in [4.78, 5) is 26.0. The second kappa shape index (κ2) is 46.6. The fraction of sp³-hybridized carbons (Fsp3) is 0.774. The lowest BCUT2D eigenvalue weighted by Gasteiger charge is -2.24. The van der Waals surface area contributed by atoms with Crippen molar-refractivity contribution >= 4 is 11.9 Å². The molecule has 0 rings (SSSR count). The molecule has 0 aromatic carbocycles. The topological polar surface area (TPSA) is 95.9 Å². The maximum Gasteiger partial charge on any atom is 0.306 e. The van der Waals surface area contributed by atoms with E-state index in [0.29, 0.717) is 19.3 Å². The SMILES string of the molecule is CC/C=C/C=C/C=C/C=C\CCCCCC(CC(=O)NC(CO)C(O)CCCCCCCCCCCCCCCCCCC)OC(=O)CCCCCCC/C=C\CCC. The summed E-state index contributed by atoms with van der Waals surface area (Å²) in [6, 6.07) is -0.717. The average molecular weight is 826 g/mol. The van der Waals surface area contributed by atoms with E-state index < -0.39 is 18.2 Å². The summed E-state index contributed by atoms with van der Waals surface area (Å²) in [5.74, 6) is -0.526. The molecule has 0 aliphatic heterocycles. The second-order valence-electron chi connectivity index (χ2n) is 16.9. The summed E-state index contributed by atoms with van der Waals surface area (Å²) < 4.78 is 5.88. The number of carbonyl (C=O) groups is 2. The van der Waals surface area contributed by atoms with E-state index in [1.54, 1.807) is 0 Å². The molecule has 0 aliphatic carbocycles. The van der Waals surface area contributed by atoms with E-state index in [1.165, 1.54) is 109 Å². The predicted octanol–water partition coefficient (Wildman–Crippen LogP) is 14.8. The minimum Gasteiger partial charge on any atom is -0.462 e. The molecule has 6 heteroatoms. The molecule has 0 aromatic heterocycles. The standard InChI is InChI=1S/C53H95NO5/c1-4-7-10-13-16-19-22-24-25-26-27-29-31-33-36-39-42-45-51(56)50(48-55)54-52(57)47-49(44-41-38-35-32-30-28-23-20-17-14-11-8-5-2)59-53(58)46-43-40-37-34-21-18-15-12-9-6-3/h8,11-12,14-15,17,20,23,28,30,49-51,55-56H,4-7,9-10,13,16,18-19,21-22,24-27,29,31-48H2,1-3H3,(H,54,57)/b11-8+,15-12-,17-14+,23-20+,30-28-. The van der Waals surface area contributed by atoms with Gasteiger partial charge in [0, 0.05) is 6.42 Å². The average Bonchev–Trinajstić information content (AvgIpc) is 3.23. The van der Waals surface area contributed by atoms with Gasteiger partial charge in [0.1, 0.15) is 6.10 Å². The van der Waals surface area contributed by atoms with E-state index in [9.17, 15) is 19.8 Å². The van der Waals surface area contributed by atoms with Gasteiger partial charge in [0.15, 0.2) is 0 Å². The largest absolute Gasteiger partial charge is 0.462 e. The van der Waals surface area contributed by atoms with Crippen LogP contribution in [-0.2, 0) is 14.3 Å². The lowest BCUT2D eigenvalue weighted by atomic mass is 10.0. The highest BCUT2D eigenvalue weighted by atomic mass is 16.5. The fourth-order valence-corrected chi connectivity index (χ4v) is 7.38. The van der Waals surface area contributed by atoms with Gasteiger partial charge in [-0.25, -0.2) is 0 Å². The van der Waals surface area contributed by atoms with Crippen LogP contribution >= 0.6 is 0 Å². The third-order valence-electron chi connectivity index (χ3n) is 11.2. The minimum atomic E-state index is -0.800. The summed E-state index contributed by atoms with van der Waals surface area (Å²) in [6.07, 6.45) is 57.1. The maximum absolute atomic E-state index is 13.2. The van der Waals surface area contributed by atoms with Gasteiger partial charge >= 0.3 is 5.97 Å². The Morgan fingerprint density at radius 1 is 0.508 bits per heavy atom. The number of nitrogens with one attached hydrogen (secondary N) is 1. The number of unbranched alkanes of at least 4 members (excludes halogenated alkanes) is 25. The van der Waals surface area contributed by atoms with Crippen molar-refractivity contribution < 1.29 is 24.5 Å². The van der Waals surface area contributed by atoms with Gasteiger partial charge in [-0.3, -0.25) is 9.59 Å². The van der Waals surface area contributed by atoms with Crippen LogP contribution in [-0.4, -0.2) is 46.9 Å². The molecule has 0 saturated carbocycles. The van der Waals surface area contributed by atoms with Crippen LogP contribution in [0, 0.1) is 0 Å². The Balaban J connectivity index is 4.55. The van der Waals surface area contributed by atoms with E-state index >= 15 is 0 Å². The highest BCUT2D eigenvalue weighted by Gasteiger charge is 2.24. The van der Waals surface area contributed by atoms with Crippen molar-refractivity contribution in [3.05, 3.63) is 60.8 Å². The van der Waals surface area contributed by atoms with Crippen molar-refractivity contribution in [2.75, 3.05) is 6.61 Å². The first-order valence-corrected chi connectivity index (χ1v) is 25.1. The van der Waals surface area contributed by atoms with Crippen LogP contribution in [0.3, 0.4) is 0 Å². The van der Waals surface area contributed by atoms with Crippen molar-refractivity contribution in [2.24, 2.45) is 0 Å². The first-order valence-electron chi connectivity index (χ1n) is 25.1. The quantitative estimate of drug-likeness (QED) is 0.0246. The van der Waals surface area contributed by atoms with Crippen molar-refractivity contribution in [1.29, 1.82) is 0 Å². The number of ether oxygens (including phenoxy) is 1. The Labute approximate surface area is 365 Å². The Morgan fingerprint density at radius 2 is 0.966 bits per heavy atom. The number of hydrogen-bond donors (Lipinski definition) is 3. The predicted molar refractivity (Wildman–Crippen MR) is 255 cm³/mol. The zero-order valence-electron chi connectivity index (χ0n) is 38.9. The molecule has 0 aliphatic rings. The van der Waals surface area contributed by atoms with E-state index in [2.05, 4.69) is 62.5 Å². The number of amides is 1. The van der Waals surface area contributed by atoms with Crippen LogP contribution in [0.5, 0.6) is 0 Å². The fourth-order valence-electron chi connectivity index (χ4n) is 7.38. The molecule has 3 atom stereocenters. The molecule has 1 amide bonds. The Morgan fingerprint density at radius 3 is 1.53 bits per heavy atom. The van der Waals surface area contributed by atoms with Crippen LogP contribution in [0.15, 0.2) is 60.8 Å². The van der Waals surface area contributed by atoms with Gasteiger partial charge in [0.2, 0.25) is 5.91 Å². The molecule has 0 saturated heterocycles. The molecule has 0 spiro atoms. The Bertz CT molecular complexity index is 1060. The first-order chi connectivity index (χ1) is 29.0. The lowest BCUT2D eigenvalue weighted by Crippen LogP contribution is -2.46. The second-order valence-corrected chi connectivity index (χ2v) is 16.9. The monoisotopic (exact) mass is 826 g/mol. The summed E-state index contributed by atoms with van der Waals surface area (Å²) in [7, 11) is 0. The van der Waals surface area contributed by atoms with Gasteiger partial charge in [-0.05, 0) is 64.2 Å². The minimum absolute atomic E-state index is 0.0469. The molecule has 0 aromatic rings. The number of allylic oxidation sites excluding steroid dienone is 10. The van der Waals surface area contributed by atoms with Gasteiger partial charge < -0.3 is 20.3 Å². The van der Waals surface area contributed by atoms with E-state index in [0.717, 1.165) is 83.5 Å². The van der Waals surface area contributed by atoms with Gasteiger partial charge in [-0.2, -0.15) is 0 Å². The van der Waals surface area contributed by atoms with Crippen molar-refractivity contribution in [3.63, 3.8) is 0 Å². The van der Waals surface area contributed by atoms with Crippen LogP contribution in [0.1, 0.15) is 239 Å². The zero-order valence-corrected chi connectivity index (χ0v) is 38.9. The van der Waals surface area contributed by atoms with Gasteiger partial charge in [0.25, 0.3) is 0 Å². The molecule has 3 unspecified atom stereocenters. The number of esters is 1. The molecular formula is C53H95NO5. The molecule has 59 heavy (non-hydrogen) atoms. The van der Waals surface area contributed by atoms with Gasteiger partial charge in [-0.15, -0.1) is 0 Å². The molecule has 6 nitrogen and oxygen atoms in total. The molecule has 0 fully saturated rings. The highest BCUT2D eigenvalue weighted by molar-refractivity contribution is 5.77. The first kappa shape index (κ1) is 56.6. The third-order valence-corrected chi connectivity index (χ3v) is 11.2.